The minimum atomic E-state index is 0.525. The second-order valence-electron chi connectivity index (χ2n) is 0.247. The minimum absolute atomic E-state index is 0.525. The zero-order chi connectivity index (χ0) is 3.41. The Hall–Kier alpha value is 0.950. The van der Waals surface area contributed by atoms with Gasteiger partial charge in [0.1, 0.15) is 0 Å². The highest BCUT2D eigenvalue weighted by molar-refractivity contribution is 8.16. The zero-order valence-electron chi connectivity index (χ0n) is 1.93. The Bertz CT molecular complexity index is 20.0. The highest BCUT2D eigenvalue weighted by Gasteiger charge is 1.48. The topological polar surface area (TPSA) is 0 Å². The van der Waals surface area contributed by atoms with Gasteiger partial charge in [0.2, 0.25) is 0 Å². The molecule has 2 radical (unpaired) electrons. The molecule has 4 heavy (non-hydrogen) atoms. The van der Waals surface area contributed by atoms with Crippen molar-refractivity contribution in [1.29, 1.82) is 0 Å². The molecule has 3 heteroatoms. The molecule has 0 aromatic heterocycles. The van der Waals surface area contributed by atoms with Crippen LogP contribution in [0, 0.1) is 0 Å². The molecular weight excluding hydrogens is 106 g/mol. The van der Waals surface area contributed by atoms with Crippen molar-refractivity contribution in [2.24, 2.45) is 0 Å². The van der Waals surface area contributed by atoms with Gasteiger partial charge >= 0.3 is 0 Å². The van der Waals surface area contributed by atoms with Crippen LogP contribution in [0.15, 0.2) is 0 Å². The smallest absolute Gasteiger partial charge is 0.00468 e. The Balaban J connectivity index is 2.30. The Morgan fingerprint density at radius 2 is 2.25 bits per heavy atom. The molecule has 0 saturated heterocycles. The molecule has 1 unspecified atom stereocenters. The lowest BCUT2D eigenvalue weighted by molar-refractivity contribution is 4.38. The summed E-state index contributed by atoms with van der Waals surface area (Å²) in [5.41, 5.74) is 0. The first-order valence-electron chi connectivity index (χ1n) is 0.748. The summed E-state index contributed by atoms with van der Waals surface area (Å²) in [6.45, 7) is 0. The van der Waals surface area contributed by atoms with Gasteiger partial charge in [0.25, 0.3) is 0 Å². The SMILES string of the molecule is [P]PC=S. The number of hydrogen-bond donors (Lipinski definition) is 0. The average molecular weight is 108 g/mol. The van der Waals surface area contributed by atoms with E-state index in [0.717, 1.165) is 0 Å². The van der Waals surface area contributed by atoms with Crippen LogP contribution in [0.5, 0.6) is 0 Å². The van der Waals surface area contributed by atoms with Crippen LogP contribution in [0.1, 0.15) is 0 Å². The molecule has 0 bridgehead atoms. The normalized spacial score (nSPS) is 9.25. The summed E-state index contributed by atoms with van der Waals surface area (Å²) >= 11 is 4.36. The second kappa shape index (κ2) is 3.95. The van der Waals surface area contributed by atoms with Crippen LogP contribution < -0.4 is 0 Å². The quantitative estimate of drug-likeness (QED) is 0.365. The Morgan fingerprint density at radius 3 is 2.25 bits per heavy atom. The fourth-order valence-electron chi connectivity index (χ4n) is 0. The van der Waals surface area contributed by atoms with Gasteiger partial charge < -0.3 is 0 Å². The van der Waals surface area contributed by atoms with E-state index >= 15 is 0 Å². The van der Waals surface area contributed by atoms with Gasteiger partial charge in [-0.3, -0.25) is 0 Å². The van der Waals surface area contributed by atoms with E-state index in [0.29, 0.717) is 8.27 Å². The van der Waals surface area contributed by atoms with E-state index in [2.05, 4.69) is 21.1 Å². The second-order valence-corrected chi connectivity index (χ2v) is 2.22. The molecule has 0 aliphatic rings. The van der Waals surface area contributed by atoms with Gasteiger partial charge in [0, 0.05) is 5.11 Å². The highest BCUT2D eigenvalue weighted by Crippen LogP contribution is 2.13. The molecule has 0 rings (SSSR count). The molecule has 0 spiro atoms. The van der Waals surface area contributed by atoms with Crippen molar-refractivity contribution >= 4 is 34.5 Å². The fraction of sp³-hybridized carbons (Fsp3) is 0. The van der Waals surface area contributed by atoms with E-state index in [4.69, 9.17) is 0 Å². The van der Waals surface area contributed by atoms with Crippen molar-refractivity contribution in [3.63, 3.8) is 0 Å². The molecule has 0 N–H and O–H groups in total. The van der Waals surface area contributed by atoms with E-state index in [1.165, 1.54) is 0 Å². The third-order valence-electron chi connectivity index (χ3n) is 0.0527. The maximum absolute atomic E-state index is 4.36. The van der Waals surface area contributed by atoms with E-state index in [-0.39, 0.29) is 0 Å². The third-order valence-corrected chi connectivity index (χ3v) is 1.42. The number of hydrogen-bond acceptors (Lipinski definition) is 1. The van der Waals surface area contributed by atoms with Crippen molar-refractivity contribution in [2.75, 3.05) is 0 Å². The molecule has 0 aliphatic heterocycles. The lowest BCUT2D eigenvalue weighted by Gasteiger charge is -1.54. The van der Waals surface area contributed by atoms with Gasteiger partial charge in [-0.2, -0.15) is 0 Å². The third kappa shape index (κ3) is 2.95. The molecule has 0 aliphatic carbocycles. The van der Waals surface area contributed by atoms with Crippen molar-refractivity contribution in [3.8, 4) is 0 Å². The molecule has 0 nitrogen and oxygen atoms in total. The highest BCUT2D eigenvalue weighted by atomic mass is 32.1. The van der Waals surface area contributed by atoms with Gasteiger partial charge in [-0.05, 0) is 8.93 Å². The van der Waals surface area contributed by atoms with Crippen LogP contribution in [0.25, 0.3) is 0 Å². The van der Waals surface area contributed by atoms with Crippen LogP contribution >= 0.6 is 29.4 Å². The molecule has 0 saturated carbocycles. The summed E-state index contributed by atoms with van der Waals surface area (Å²) in [5, 5.41) is 1.60. The predicted octanol–water partition coefficient (Wildman–Crippen LogP) is 1.95. The largest absolute Gasteiger partial charge is 0.0881 e. The Morgan fingerprint density at radius 1 is 2.00 bits per heavy atom. The monoisotopic (exact) mass is 108 g/mol. The van der Waals surface area contributed by atoms with Gasteiger partial charge in [-0.25, -0.2) is 0 Å². The first-order valence-corrected chi connectivity index (χ1v) is 3.59. The standard InChI is InChI=1S/CH2P2S/c2-3-1-4/h1,3H. The summed E-state index contributed by atoms with van der Waals surface area (Å²) in [6, 6.07) is 0. The molecule has 0 aromatic rings. The molecule has 0 fully saturated rings. The van der Waals surface area contributed by atoms with E-state index in [1.54, 1.807) is 5.11 Å². The number of thiocarbonyl (C=S) groups is 1. The maximum Gasteiger partial charge on any atom is 0.00468 e. The van der Waals surface area contributed by atoms with Gasteiger partial charge in [0.05, 0.1) is 0 Å². The molecule has 0 amide bonds. The number of rotatable bonds is 1. The van der Waals surface area contributed by atoms with E-state index < -0.39 is 0 Å². The first-order chi connectivity index (χ1) is 1.91. The van der Waals surface area contributed by atoms with Gasteiger partial charge in [0.15, 0.2) is 0 Å². The Labute approximate surface area is 35.2 Å². The molecule has 0 aromatic carbocycles. The summed E-state index contributed by atoms with van der Waals surface area (Å²) in [7, 11) is 4.31. The van der Waals surface area contributed by atoms with Crippen LogP contribution in [-0.2, 0) is 0 Å². The summed E-state index contributed by atoms with van der Waals surface area (Å²) < 4.78 is 0. The van der Waals surface area contributed by atoms with Crippen molar-refractivity contribution < 1.29 is 0 Å². The van der Waals surface area contributed by atoms with E-state index in [9.17, 15) is 0 Å². The molecule has 0 heterocycles. The summed E-state index contributed by atoms with van der Waals surface area (Å²) in [4.78, 5) is 0. The van der Waals surface area contributed by atoms with E-state index in [1.807, 2.05) is 0 Å². The lowest BCUT2D eigenvalue weighted by atomic mass is 11.9. The lowest BCUT2D eigenvalue weighted by Crippen LogP contribution is -1.19. The fourth-order valence-corrected chi connectivity index (χ4v) is 0. The zero-order valence-corrected chi connectivity index (χ0v) is 4.64. The van der Waals surface area contributed by atoms with Crippen LogP contribution in [0.3, 0.4) is 0 Å². The van der Waals surface area contributed by atoms with Crippen LogP contribution in [0.2, 0.25) is 0 Å². The Kier molecular flexibility index (Phi) is 4.89. The molecular formula is CH2P2S. The van der Waals surface area contributed by atoms with Crippen LogP contribution in [0.4, 0.5) is 0 Å². The molecule has 22 valence electrons. The van der Waals surface area contributed by atoms with Gasteiger partial charge in [-0.15, -0.1) is 0 Å². The predicted molar refractivity (Wildman–Crippen MR) is 28.9 cm³/mol. The van der Waals surface area contributed by atoms with Crippen LogP contribution in [-0.4, -0.2) is 5.11 Å². The van der Waals surface area contributed by atoms with Crippen molar-refractivity contribution in [1.82, 2.24) is 0 Å². The summed E-state index contributed by atoms with van der Waals surface area (Å²) in [5.74, 6) is 0. The summed E-state index contributed by atoms with van der Waals surface area (Å²) in [6.07, 6.45) is 0. The maximum atomic E-state index is 4.36. The average Bonchev–Trinajstić information content (AvgIpc) is 1.37. The van der Waals surface area contributed by atoms with Gasteiger partial charge in [-0.1, -0.05) is 20.5 Å². The first kappa shape index (κ1) is 4.95. The van der Waals surface area contributed by atoms with Crippen molar-refractivity contribution in [2.45, 2.75) is 0 Å². The minimum Gasteiger partial charge on any atom is -0.0881 e. The van der Waals surface area contributed by atoms with Crippen molar-refractivity contribution in [3.05, 3.63) is 0 Å². The molecule has 1 atom stereocenters.